The maximum Gasteiger partial charge on any atom is 0.573 e. The van der Waals surface area contributed by atoms with Crippen molar-refractivity contribution < 1.29 is 32.2 Å². The molecule has 0 saturated heterocycles. The van der Waals surface area contributed by atoms with Crippen molar-refractivity contribution in [1.29, 1.82) is 0 Å². The number of nitrogens with one attached hydrogen (secondary N) is 1. The van der Waals surface area contributed by atoms with Gasteiger partial charge in [-0.1, -0.05) is 35.5 Å². The van der Waals surface area contributed by atoms with Gasteiger partial charge in [0.2, 0.25) is 0 Å². The average molecular weight is 562 g/mol. The smallest absolute Gasteiger partial charge is 0.444 e. The van der Waals surface area contributed by atoms with Crippen LogP contribution in [0.2, 0.25) is 0 Å². The minimum atomic E-state index is -4.78. The largest absolute Gasteiger partial charge is 0.573 e. The normalized spacial score (nSPS) is 11.7. The van der Waals surface area contributed by atoms with Gasteiger partial charge in [-0.25, -0.2) is 9.59 Å². The maximum absolute atomic E-state index is 13.3. The van der Waals surface area contributed by atoms with Gasteiger partial charge in [-0.3, -0.25) is 0 Å². The van der Waals surface area contributed by atoms with Crippen LogP contribution < -0.4 is 10.1 Å². The van der Waals surface area contributed by atoms with Crippen LogP contribution in [0.15, 0.2) is 60.8 Å². The molecular formula is C28H34F3N5O4. The molecule has 3 rings (SSSR count). The van der Waals surface area contributed by atoms with Gasteiger partial charge in [0.05, 0.1) is 6.20 Å². The highest BCUT2D eigenvalue weighted by molar-refractivity contribution is 5.77. The van der Waals surface area contributed by atoms with Gasteiger partial charge in [-0.2, -0.15) is 4.68 Å². The number of hydrogen-bond donors (Lipinski definition) is 1. The summed E-state index contributed by atoms with van der Waals surface area (Å²) in [7, 11) is 0. The number of ether oxygens (including phenoxy) is 2. The molecule has 0 unspecified atom stereocenters. The van der Waals surface area contributed by atoms with Gasteiger partial charge in [0.15, 0.2) is 0 Å². The summed E-state index contributed by atoms with van der Waals surface area (Å²) in [4.78, 5) is 26.8. The Morgan fingerprint density at radius 1 is 0.950 bits per heavy atom. The second-order valence-electron chi connectivity index (χ2n) is 10.1. The number of aromatic nitrogens is 3. The van der Waals surface area contributed by atoms with Crippen molar-refractivity contribution in [3.63, 3.8) is 0 Å². The number of alkyl halides is 3. The summed E-state index contributed by atoms with van der Waals surface area (Å²) in [6.45, 7) is 6.79. The summed E-state index contributed by atoms with van der Waals surface area (Å²) in [5.41, 5.74) is 1.35. The predicted octanol–water partition coefficient (Wildman–Crippen LogP) is 6.05. The molecule has 1 aromatic heterocycles. The third kappa shape index (κ3) is 10.6. The number of nitrogens with zero attached hydrogens (tertiary/aromatic N) is 4. The molecule has 0 radical (unpaired) electrons. The van der Waals surface area contributed by atoms with Crippen LogP contribution in [0.3, 0.4) is 0 Å². The first-order chi connectivity index (χ1) is 18.9. The molecule has 3 aromatic rings. The zero-order chi connectivity index (χ0) is 29.2. The van der Waals surface area contributed by atoms with Crippen molar-refractivity contribution in [3.05, 3.63) is 66.4 Å². The Morgan fingerprint density at radius 2 is 1.65 bits per heavy atom. The van der Waals surface area contributed by atoms with Crippen LogP contribution in [0, 0.1) is 0 Å². The second-order valence-corrected chi connectivity index (χ2v) is 10.1. The van der Waals surface area contributed by atoms with Crippen LogP contribution in [-0.2, 0) is 11.2 Å². The number of hydrogen-bond acceptors (Lipinski definition) is 6. The summed E-state index contributed by atoms with van der Waals surface area (Å²) in [6.07, 6.45) is -0.941. The van der Waals surface area contributed by atoms with Crippen molar-refractivity contribution in [2.75, 3.05) is 19.6 Å². The van der Waals surface area contributed by atoms with Crippen molar-refractivity contribution >= 4 is 12.1 Å². The van der Waals surface area contributed by atoms with Crippen LogP contribution in [0.4, 0.5) is 22.8 Å². The minimum Gasteiger partial charge on any atom is -0.444 e. The van der Waals surface area contributed by atoms with E-state index in [1.807, 2.05) is 30.3 Å². The number of benzene rings is 2. The molecule has 0 aliphatic carbocycles. The van der Waals surface area contributed by atoms with Crippen molar-refractivity contribution in [2.45, 2.75) is 58.4 Å². The van der Waals surface area contributed by atoms with E-state index in [4.69, 9.17) is 4.74 Å². The van der Waals surface area contributed by atoms with Crippen molar-refractivity contribution in [2.24, 2.45) is 0 Å². The zero-order valence-corrected chi connectivity index (χ0v) is 22.8. The fraction of sp³-hybridized carbons (Fsp3) is 0.429. The van der Waals surface area contributed by atoms with Gasteiger partial charge >= 0.3 is 18.5 Å². The lowest BCUT2D eigenvalue weighted by Gasteiger charge is -2.22. The molecule has 40 heavy (non-hydrogen) atoms. The Bertz CT molecular complexity index is 1230. The topological polar surface area (TPSA) is 98.6 Å². The molecular weight excluding hydrogens is 527 g/mol. The van der Waals surface area contributed by atoms with Gasteiger partial charge in [0.1, 0.15) is 17.0 Å². The Kier molecular flexibility index (Phi) is 10.5. The summed E-state index contributed by atoms with van der Waals surface area (Å²) < 4.78 is 47.5. The average Bonchev–Trinajstić information content (AvgIpc) is 3.37. The molecule has 0 bridgehead atoms. The van der Waals surface area contributed by atoms with E-state index in [9.17, 15) is 22.8 Å². The van der Waals surface area contributed by atoms with E-state index >= 15 is 0 Å². The van der Waals surface area contributed by atoms with E-state index in [0.29, 0.717) is 43.7 Å². The molecule has 2 aromatic carbocycles. The zero-order valence-electron chi connectivity index (χ0n) is 22.8. The lowest BCUT2D eigenvalue weighted by molar-refractivity contribution is -0.274. The lowest BCUT2D eigenvalue weighted by atomic mass is 10.1. The fourth-order valence-corrected chi connectivity index (χ4v) is 3.78. The van der Waals surface area contributed by atoms with Crippen LogP contribution in [-0.4, -0.2) is 63.6 Å². The third-order valence-corrected chi connectivity index (χ3v) is 5.63. The van der Waals surface area contributed by atoms with Crippen LogP contribution in [0.1, 0.15) is 45.6 Å². The van der Waals surface area contributed by atoms with Gasteiger partial charge < -0.3 is 19.7 Å². The predicted molar refractivity (Wildman–Crippen MR) is 143 cm³/mol. The molecule has 216 valence electrons. The number of amides is 2. The van der Waals surface area contributed by atoms with Gasteiger partial charge in [0.25, 0.3) is 0 Å². The number of halogens is 3. The van der Waals surface area contributed by atoms with Gasteiger partial charge in [-0.15, -0.1) is 18.3 Å². The number of unbranched alkanes of at least 4 members (excludes halogenated alkanes) is 2. The lowest BCUT2D eigenvalue weighted by Crippen LogP contribution is -2.37. The fourth-order valence-electron chi connectivity index (χ4n) is 3.78. The molecule has 0 fully saturated rings. The highest BCUT2D eigenvalue weighted by atomic mass is 19.4. The molecule has 0 aliphatic heterocycles. The Labute approximate surface area is 231 Å². The summed E-state index contributed by atoms with van der Waals surface area (Å²) in [5.74, 6) is -0.354. The summed E-state index contributed by atoms with van der Waals surface area (Å²) in [6, 6.07) is 14.6. The van der Waals surface area contributed by atoms with Crippen LogP contribution in [0.5, 0.6) is 5.75 Å². The number of rotatable bonds is 11. The van der Waals surface area contributed by atoms with Crippen molar-refractivity contribution in [1.82, 2.24) is 25.2 Å². The van der Waals surface area contributed by atoms with Crippen LogP contribution in [0.25, 0.3) is 11.3 Å². The summed E-state index contributed by atoms with van der Waals surface area (Å²) >= 11 is 0. The molecule has 0 aliphatic rings. The summed E-state index contributed by atoms with van der Waals surface area (Å²) in [5, 5.41) is 10.7. The molecule has 1 N–H and O–H groups in total. The third-order valence-electron chi connectivity index (χ3n) is 5.63. The molecule has 0 atom stereocenters. The maximum atomic E-state index is 13.3. The number of alkyl carbamates (subject to hydrolysis) is 1. The number of carbonyl (C=O) groups excluding carboxylic acids is 2. The quantitative estimate of drug-likeness (QED) is 0.286. The van der Waals surface area contributed by atoms with E-state index in [1.54, 1.807) is 25.7 Å². The molecule has 0 spiro atoms. The monoisotopic (exact) mass is 561 g/mol. The SMILES string of the molecule is CC(C)(C)OC(=O)NCCCCCN(CCc1ccccc1)C(=O)n1cc(-c2ccc(OC(F)(F)F)cc2)nn1. The minimum absolute atomic E-state index is 0.336. The van der Waals surface area contributed by atoms with E-state index in [1.165, 1.54) is 30.5 Å². The van der Waals surface area contributed by atoms with E-state index in [0.717, 1.165) is 23.1 Å². The molecule has 2 amide bonds. The second kappa shape index (κ2) is 13.8. The molecule has 1 heterocycles. The van der Waals surface area contributed by atoms with Crippen molar-refractivity contribution in [3.8, 4) is 17.0 Å². The van der Waals surface area contributed by atoms with Crippen LogP contribution >= 0.6 is 0 Å². The molecule has 9 nitrogen and oxygen atoms in total. The number of carbonyl (C=O) groups is 2. The van der Waals surface area contributed by atoms with E-state index < -0.39 is 18.1 Å². The first-order valence-corrected chi connectivity index (χ1v) is 13.0. The highest BCUT2D eigenvalue weighted by Crippen LogP contribution is 2.25. The van der Waals surface area contributed by atoms with E-state index in [2.05, 4.69) is 20.4 Å². The molecule has 12 heteroatoms. The standard InChI is InChI=1S/C28H34F3N5O4/c1-27(2,3)40-25(37)32-17-8-5-9-18-35(19-16-21-10-6-4-7-11-21)26(38)36-20-24(33-34-36)22-12-14-23(15-13-22)39-28(29,30)31/h4,6-7,10-15,20H,5,8-9,16-19H2,1-3H3,(H,32,37). The Hall–Kier alpha value is -4.09. The van der Waals surface area contributed by atoms with Gasteiger partial charge in [-0.05, 0) is 76.3 Å². The Balaban J connectivity index is 1.59. The van der Waals surface area contributed by atoms with Gasteiger partial charge in [0, 0.05) is 25.2 Å². The molecule has 0 saturated carbocycles. The van der Waals surface area contributed by atoms with E-state index in [-0.39, 0.29) is 11.8 Å². The first-order valence-electron chi connectivity index (χ1n) is 13.0. The Morgan fingerprint density at radius 3 is 2.30 bits per heavy atom. The highest BCUT2D eigenvalue weighted by Gasteiger charge is 2.31. The first kappa shape index (κ1) is 30.5.